The van der Waals surface area contributed by atoms with Crippen LogP contribution in [0.4, 0.5) is 5.82 Å². The number of anilines is 1. The Bertz CT molecular complexity index is 870. The Labute approximate surface area is 134 Å². The molecule has 0 spiro atoms. The molecule has 0 fully saturated rings. The Morgan fingerprint density at radius 1 is 1.17 bits per heavy atom. The van der Waals surface area contributed by atoms with Gasteiger partial charge in [0.15, 0.2) is 5.65 Å². The topological polar surface area (TPSA) is 83.0 Å². The molecule has 0 unspecified atom stereocenters. The second kappa shape index (κ2) is 6.24. The van der Waals surface area contributed by atoms with E-state index in [4.69, 9.17) is 10.5 Å². The molecule has 0 bridgehead atoms. The third-order valence-electron chi connectivity index (χ3n) is 3.68. The van der Waals surface area contributed by atoms with E-state index in [0.717, 1.165) is 23.9 Å². The zero-order valence-electron chi connectivity index (χ0n) is 13.4. The van der Waals surface area contributed by atoms with Gasteiger partial charge in [-0.25, -0.2) is 14.8 Å². The number of hydrogen-bond donors (Lipinski definition) is 1. The highest BCUT2D eigenvalue weighted by atomic mass is 16.5. The zero-order valence-corrected chi connectivity index (χ0v) is 13.4. The van der Waals surface area contributed by atoms with Crippen LogP contribution in [0.15, 0.2) is 24.3 Å². The molecule has 0 aliphatic rings. The van der Waals surface area contributed by atoms with Crippen molar-refractivity contribution in [3.63, 3.8) is 0 Å². The smallest absolute Gasteiger partial charge is 0.344 e. The lowest BCUT2D eigenvalue weighted by atomic mass is 10.2. The van der Waals surface area contributed by atoms with Crippen LogP contribution in [0.5, 0.6) is 0 Å². The van der Waals surface area contributed by atoms with Crippen LogP contribution in [0, 0.1) is 0 Å². The monoisotopic (exact) mass is 312 g/mol. The lowest BCUT2D eigenvalue weighted by Gasteiger charge is -2.05. The Balaban J connectivity index is 2.27. The van der Waals surface area contributed by atoms with Crippen LogP contribution in [0.1, 0.15) is 37.0 Å². The van der Waals surface area contributed by atoms with E-state index < -0.39 is 5.97 Å². The van der Waals surface area contributed by atoms with Gasteiger partial charge in [-0.2, -0.15) is 0 Å². The Morgan fingerprint density at radius 3 is 2.52 bits per heavy atom. The molecule has 0 aliphatic heterocycles. The van der Waals surface area contributed by atoms with Crippen LogP contribution < -0.4 is 5.73 Å². The van der Waals surface area contributed by atoms with Gasteiger partial charge < -0.3 is 15.0 Å². The first-order valence-corrected chi connectivity index (χ1v) is 7.89. The second-order valence-electron chi connectivity index (χ2n) is 5.43. The third-order valence-corrected chi connectivity index (χ3v) is 3.68. The number of nitrogens with zero attached hydrogens (tertiary/aromatic N) is 3. The number of nitrogens with two attached hydrogens (primary N) is 1. The van der Waals surface area contributed by atoms with Crippen molar-refractivity contribution in [1.29, 1.82) is 0 Å². The number of nitrogen functional groups attached to an aromatic ring is 1. The zero-order chi connectivity index (χ0) is 16.4. The quantitative estimate of drug-likeness (QED) is 0.732. The molecule has 0 atom stereocenters. The van der Waals surface area contributed by atoms with E-state index in [2.05, 4.69) is 16.9 Å². The van der Waals surface area contributed by atoms with Crippen molar-refractivity contribution in [2.75, 3.05) is 12.3 Å². The van der Waals surface area contributed by atoms with E-state index in [-0.39, 0.29) is 0 Å². The minimum absolute atomic E-state index is 0.320. The molecule has 23 heavy (non-hydrogen) atoms. The fourth-order valence-corrected chi connectivity index (χ4v) is 2.64. The normalized spacial score (nSPS) is 11.2. The summed E-state index contributed by atoms with van der Waals surface area (Å²) in [5.74, 6) is -0.0629. The number of aryl methyl sites for hydroxylation is 1. The van der Waals surface area contributed by atoms with E-state index in [9.17, 15) is 4.79 Å². The lowest BCUT2D eigenvalue weighted by molar-refractivity contribution is 0.0508. The summed E-state index contributed by atoms with van der Waals surface area (Å²) in [6.07, 6.45) is 1.64. The van der Waals surface area contributed by atoms with E-state index in [1.54, 1.807) is 0 Å². The fraction of sp³-hybridized carbons (Fsp3) is 0.353. The molecule has 120 valence electrons. The molecule has 2 heterocycles. The Kier molecular flexibility index (Phi) is 4.14. The molecule has 0 saturated heterocycles. The highest BCUT2D eigenvalue weighted by molar-refractivity contribution is 6.08. The molecule has 0 saturated carbocycles. The number of fused-ring (bicyclic) bond motifs is 2. The molecular formula is C17H20N4O2. The maximum absolute atomic E-state index is 12.4. The van der Waals surface area contributed by atoms with Crippen LogP contribution >= 0.6 is 0 Å². The number of para-hydroxylation sites is 2. The number of ether oxygens (including phenoxy) is 1. The summed E-state index contributed by atoms with van der Waals surface area (Å²) in [7, 11) is 0. The molecule has 6 heteroatoms. The van der Waals surface area contributed by atoms with Gasteiger partial charge in [0.2, 0.25) is 0 Å². The third kappa shape index (κ3) is 2.60. The van der Waals surface area contributed by atoms with Gasteiger partial charge in [-0.05, 0) is 25.0 Å². The highest BCUT2D eigenvalue weighted by Crippen LogP contribution is 2.28. The number of rotatable bonds is 5. The fourth-order valence-electron chi connectivity index (χ4n) is 2.64. The van der Waals surface area contributed by atoms with Crippen molar-refractivity contribution < 1.29 is 9.53 Å². The summed E-state index contributed by atoms with van der Waals surface area (Å²) in [4.78, 5) is 21.7. The maximum atomic E-state index is 12.4. The first-order chi connectivity index (χ1) is 11.2. The average Bonchev–Trinajstić information content (AvgIpc) is 2.82. The Hall–Kier alpha value is -2.63. The maximum Gasteiger partial charge on any atom is 0.344 e. The number of carbonyl (C=O) groups excluding carboxylic acids is 1. The minimum atomic E-state index is -0.436. The molecule has 6 nitrogen and oxygen atoms in total. The van der Waals surface area contributed by atoms with Crippen molar-refractivity contribution in [3.8, 4) is 0 Å². The summed E-state index contributed by atoms with van der Waals surface area (Å²) in [6.45, 7) is 5.04. The van der Waals surface area contributed by atoms with Gasteiger partial charge in [-0.15, -0.1) is 0 Å². The van der Waals surface area contributed by atoms with Gasteiger partial charge in [-0.3, -0.25) is 0 Å². The predicted molar refractivity (Wildman–Crippen MR) is 90.3 cm³/mol. The number of aromatic nitrogens is 3. The number of hydrogen-bond acceptors (Lipinski definition) is 5. The Morgan fingerprint density at radius 2 is 1.87 bits per heavy atom. The van der Waals surface area contributed by atoms with Crippen molar-refractivity contribution in [3.05, 3.63) is 29.8 Å². The molecule has 2 N–H and O–H groups in total. The van der Waals surface area contributed by atoms with Crippen LogP contribution in [0.3, 0.4) is 0 Å². The predicted octanol–water partition coefficient (Wildman–Crippen LogP) is 3.14. The summed E-state index contributed by atoms with van der Waals surface area (Å²) < 4.78 is 7.11. The van der Waals surface area contributed by atoms with Crippen molar-refractivity contribution in [2.45, 2.75) is 33.2 Å². The number of carbonyl (C=O) groups is 1. The van der Waals surface area contributed by atoms with Crippen molar-refractivity contribution in [2.24, 2.45) is 0 Å². The van der Waals surface area contributed by atoms with Gasteiger partial charge in [0.05, 0.1) is 17.6 Å². The van der Waals surface area contributed by atoms with Crippen molar-refractivity contribution >= 4 is 34.0 Å². The highest BCUT2D eigenvalue weighted by Gasteiger charge is 2.24. The molecule has 0 aliphatic carbocycles. The van der Waals surface area contributed by atoms with Gasteiger partial charge in [0.25, 0.3) is 0 Å². The molecule has 1 aromatic carbocycles. The summed E-state index contributed by atoms with van der Waals surface area (Å²) in [5, 5.41) is 0. The lowest BCUT2D eigenvalue weighted by Crippen LogP contribution is -2.10. The first kappa shape index (κ1) is 15.3. The molecule has 0 radical (unpaired) electrons. The van der Waals surface area contributed by atoms with Crippen molar-refractivity contribution in [1.82, 2.24) is 14.5 Å². The number of esters is 1. The first-order valence-electron chi connectivity index (χ1n) is 7.89. The van der Waals surface area contributed by atoms with Gasteiger partial charge in [0, 0.05) is 6.54 Å². The molecule has 3 rings (SSSR count). The van der Waals surface area contributed by atoms with E-state index in [1.165, 1.54) is 0 Å². The summed E-state index contributed by atoms with van der Waals surface area (Å²) >= 11 is 0. The van der Waals surface area contributed by atoms with Gasteiger partial charge in [0.1, 0.15) is 16.9 Å². The van der Waals surface area contributed by atoms with Crippen LogP contribution in [0.2, 0.25) is 0 Å². The van der Waals surface area contributed by atoms with Gasteiger partial charge >= 0.3 is 5.97 Å². The summed E-state index contributed by atoms with van der Waals surface area (Å²) in [6, 6.07) is 7.58. The molecule has 3 aromatic rings. The largest absolute Gasteiger partial charge is 0.462 e. The average molecular weight is 312 g/mol. The molecular weight excluding hydrogens is 292 g/mol. The van der Waals surface area contributed by atoms with Gasteiger partial charge in [-0.1, -0.05) is 26.0 Å². The minimum Gasteiger partial charge on any atom is -0.462 e. The molecule has 2 aromatic heterocycles. The number of benzene rings is 1. The van der Waals surface area contributed by atoms with Crippen LogP contribution in [0.25, 0.3) is 22.2 Å². The molecule has 0 amide bonds. The summed E-state index contributed by atoms with van der Waals surface area (Å²) in [5.41, 5.74) is 9.20. The van der Waals surface area contributed by atoms with Crippen LogP contribution in [-0.2, 0) is 11.3 Å². The standard InChI is InChI=1S/C17H20N4O2/c1-3-9-21-15(18)13(17(22)23-10-4-2)14-16(21)20-12-8-6-5-7-11(12)19-14/h5-8H,3-4,9-10,18H2,1-2H3. The van der Waals surface area contributed by atoms with Crippen LogP contribution in [-0.4, -0.2) is 27.1 Å². The van der Waals surface area contributed by atoms with E-state index in [1.807, 2.05) is 35.8 Å². The second-order valence-corrected chi connectivity index (χ2v) is 5.43. The van der Waals surface area contributed by atoms with E-state index in [0.29, 0.717) is 35.7 Å². The van der Waals surface area contributed by atoms with E-state index >= 15 is 0 Å². The SMILES string of the molecule is CCCOC(=O)c1c(N)n(CCC)c2nc3ccccc3nc12.